The van der Waals surface area contributed by atoms with Crippen LogP contribution in [0.4, 0.5) is 0 Å². The fraction of sp³-hybridized carbons (Fsp3) is 0.250. The van der Waals surface area contributed by atoms with E-state index in [2.05, 4.69) is 11.6 Å². The van der Waals surface area contributed by atoms with Gasteiger partial charge in [0.2, 0.25) is 0 Å². The second-order valence-electron chi connectivity index (χ2n) is 2.89. The van der Waals surface area contributed by atoms with E-state index in [1.54, 1.807) is 7.11 Å². The minimum Gasteiger partial charge on any atom is -0.497 e. The molecule has 1 rings (SSSR count). The Morgan fingerprint density at radius 1 is 1.36 bits per heavy atom. The number of hydrogen-bond acceptors (Lipinski definition) is 2. The first-order chi connectivity index (χ1) is 6.86. The monoisotopic (exact) mass is 189 g/mol. The third kappa shape index (κ3) is 3.44. The van der Waals surface area contributed by atoms with Gasteiger partial charge in [-0.3, -0.25) is 4.99 Å². The Balaban J connectivity index is 2.50. The van der Waals surface area contributed by atoms with Crippen molar-refractivity contribution in [3.63, 3.8) is 0 Å². The van der Waals surface area contributed by atoms with Crippen LogP contribution in [0.15, 0.2) is 41.9 Å². The highest BCUT2D eigenvalue weighted by Gasteiger charge is 1.89. The zero-order valence-corrected chi connectivity index (χ0v) is 8.44. The molecule has 74 valence electrons. The van der Waals surface area contributed by atoms with Crippen LogP contribution < -0.4 is 4.74 Å². The summed E-state index contributed by atoms with van der Waals surface area (Å²) in [6.45, 7) is 4.44. The molecule has 14 heavy (non-hydrogen) atoms. The lowest BCUT2D eigenvalue weighted by Gasteiger charge is -1.98. The molecule has 2 nitrogen and oxygen atoms in total. The summed E-state index contributed by atoms with van der Waals surface area (Å²) in [7, 11) is 1.66. The van der Waals surface area contributed by atoms with Gasteiger partial charge in [0.15, 0.2) is 0 Å². The van der Waals surface area contributed by atoms with Crippen LogP contribution in [0, 0.1) is 0 Å². The van der Waals surface area contributed by atoms with Gasteiger partial charge in [-0.2, -0.15) is 0 Å². The standard InChI is InChI=1S/C12H15NO/c1-3-4-9-13-10-11-5-7-12(14-2)8-6-11/h3,5-8,10H,1,4,9H2,2H3. The van der Waals surface area contributed by atoms with Crippen molar-refractivity contribution in [1.29, 1.82) is 0 Å². The van der Waals surface area contributed by atoms with Crippen molar-refractivity contribution >= 4 is 6.21 Å². The van der Waals surface area contributed by atoms with Crippen LogP contribution in [0.1, 0.15) is 12.0 Å². The molecule has 1 aromatic carbocycles. The molecule has 0 spiro atoms. The second kappa shape index (κ2) is 5.97. The summed E-state index contributed by atoms with van der Waals surface area (Å²) in [6, 6.07) is 7.82. The predicted octanol–water partition coefficient (Wildman–Crippen LogP) is 2.69. The first kappa shape index (κ1) is 10.5. The van der Waals surface area contributed by atoms with Crippen LogP contribution >= 0.6 is 0 Å². The van der Waals surface area contributed by atoms with E-state index >= 15 is 0 Å². The molecule has 0 bridgehead atoms. The van der Waals surface area contributed by atoms with Crippen molar-refractivity contribution in [1.82, 2.24) is 0 Å². The summed E-state index contributed by atoms with van der Waals surface area (Å²) in [6.07, 6.45) is 4.65. The Kier molecular flexibility index (Phi) is 4.48. The average molecular weight is 189 g/mol. The molecule has 0 unspecified atom stereocenters. The van der Waals surface area contributed by atoms with Gasteiger partial charge in [-0.25, -0.2) is 0 Å². The van der Waals surface area contributed by atoms with E-state index in [-0.39, 0.29) is 0 Å². The van der Waals surface area contributed by atoms with Gasteiger partial charge in [0.1, 0.15) is 5.75 Å². The van der Waals surface area contributed by atoms with E-state index in [1.807, 2.05) is 36.6 Å². The highest BCUT2D eigenvalue weighted by Crippen LogP contribution is 2.09. The van der Waals surface area contributed by atoms with Crippen molar-refractivity contribution in [2.24, 2.45) is 4.99 Å². The molecule has 2 heteroatoms. The van der Waals surface area contributed by atoms with E-state index in [9.17, 15) is 0 Å². The van der Waals surface area contributed by atoms with Gasteiger partial charge in [-0.1, -0.05) is 6.08 Å². The molecule has 0 aliphatic carbocycles. The largest absolute Gasteiger partial charge is 0.497 e. The van der Waals surface area contributed by atoms with Crippen molar-refractivity contribution in [2.75, 3.05) is 13.7 Å². The number of nitrogens with zero attached hydrogens (tertiary/aromatic N) is 1. The molecular formula is C12H15NO. The summed E-state index contributed by atoms with van der Waals surface area (Å²) in [4.78, 5) is 4.25. The van der Waals surface area contributed by atoms with Gasteiger partial charge in [0.05, 0.1) is 7.11 Å². The van der Waals surface area contributed by atoms with E-state index < -0.39 is 0 Å². The van der Waals surface area contributed by atoms with Crippen LogP contribution in [0.5, 0.6) is 5.75 Å². The maximum Gasteiger partial charge on any atom is 0.118 e. The number of methoxy groups -OCH3 is 1. The van der Waals surface area contributed by atoms with Crippen LogP contribution in [0.3, 0.4) is 0 Å². The first-order valence-electron chi connectivity index (χ1n) is 4.61. The Bertz CT molecular complexity index is 301. The van der Waals surface area contributed by atoms with Crippen molar-refractivity contribution < 1.29 is 4.74 Å². The lowest BCUT2D eigenvalue weighted by Crippen LogP contribution is -1.85. The third-order valence-corrected chi connectivity index (χ3v) is 1.82. The van der Waals surface area contributed by atoms with Gasteiger partial charge >= 0.3 is 0 Å². The third-order valence-electron chi connectivity index (χ3n) is 1.82. The molecule has 0 heterocycles. The van der Waals surface area contributed by atoms with Crippen LogP contribution in [0.2, 0.25) is 0 Å². The van der Waals surface area contributed by atoms with Crippen molar-refractivity contribution in [2.45, 2.75) is 6.42 Å². The Labute approximate surface area is 84.9 Å². The molecule has 0 radical (unpaired) electrons. The lowest BCUT2D eigenvalue weighted by molar-refractivity contribution is 0.415. The van der Waals surface area contributed by atoms with E-state index in [0.717, 1.165) is 24.3 Å². The van der Waals surface area contributed by atoms with E-state index in [0.29, 0.717) is 0 Å². The summed E-state index contributed by atoms with van der Waals surface area (Å²) in [5.74, 6) is 0.869. The SMILES string of the molecule is C=CCCN=Cc1ccc(OC)cc1. The van der Waals surface area contributed by atoms with Gasteiger partial charge in [0, 0.05) is 12.8 Å². The quantitative estimate of drug-likeness (QED) is 0.396. The topological polar surface area (TPSA) is 21.6 Å². The number of hydrogen-bond donors (Lipinski definition) is 0. The Morgan fingerprint density at radius 2 is 2.07 bits per heavy atom. The molecule has 0 saturated heterocycles. The molecule has 0 aromatic heterocycles. The molecule has 0 N–H and O–H groups in total. The van der Waals surface area contributed by atoms with Gasteiger partial charge in [0.25, 0.3) is 0 Å². The normalized spacial score (nSPS) is 10.4. The Morgan fingerprint density at radius 3 is 2.64 bits per heavy atom. The molecular weight excluding hydrogens is 174 g/mol. The van der Waals surface area contributed by atoms with Crippen LogP contribution in [-0.4, -0.2) is 19.9 Å². The fourth-order valence-electron chi connectivity index (χ4n) is 1.03. The molecule has 0 saturated carbocycles. The van der Waals surface area contributed by atoms with Crippen LogP contribution in [-0.2, 0) is 0 Å². The highest BCUT2D eigenvalue weighted by atomic mass is 16.5. The highest BCUT2D eigenvalue weighted by molar-refractivity contribution is 5.79. The van der Waals surface area contributed by atoms with Gasteiger partial charge in [-0.05, 0) is 36.2 Å². The van der Waals surface area contributed by atoms with Crippen molar-refractivity contribution in [3.05, 3.63) is 42.5 Å². The second-order valence-corrected chi connectivity index (χ2v) is 2.89. The fourth-order valence-corrected chi connectivity index (χ4v) is 1.03. The van der Waals surface area contributed by atoms with E-state index in [1.165, 1.54) is 0 Å². The van der Waals surface area contributed by atoms with E-state index in [4.69, 9.17) is 4.74 Å². The zero-order chi connectivity index (χ0) is 10.2. The smallest absolute Gasteiger partial charge is 0.118 e. The molecule has 0 aliphatic rings. The molecule has 1 aromatic rings. The first-order valence-corrected chi connectivity index (χ1v) is 4.61. The number of aliphatic imine (C=N–C) groups is 1. The minimum absolute atomic E-state index is 0.801. The predicted molar refractivity (Wildman–Crippen MR) is 60.3 cm³/mol. The molecule has 0 atom stereocenters. The lowest BCUT2D eigenvalue weighted by atomic mass is 10.2. The molecule has 0 aliphatic heterocycles. The van der Waals surface area contributed by atoms with Crippen LogP contribution in [0.25, 0.3) is 0 Å². The summed E-state index contributed by atoms with van der Waals surface area (Å²) in [5.41, 5.74) is 1.09. The average Bonchev–Trinajstić information content (AvgIpc) is 2.25. The van der Waals surface area contributed by atoms with Crippen molar-refractivity contribution in [3.8, 4) is 5.75 Å². The number of benzene rings is 1. The van der Waals surface area contributed by atoms with Gasteiger partial charge in [-0.15, -0.1) is 6.58 Å². The number of ether oxygens (including phenoxy) is 1. The summed E-state index contributed by atoms with van der Waals surface area (Å²) in [5, 5.41) is 0. The number of rotatable bonds is 5. The summed E-state index contributed by atoms with van der Waals surface area (Å²) < 4.78 is 5.05. The zero-order valence-electron chi connectivity index (χ0n) is 8.44. The Hall–Kier alpha value is -1.57. The molecule has 0 fully saturated rings. The summed E-state index contributed by atoms with van der Waals surface area (Å²) >= 11 is 0. The molecule has 0 amide bonds. The van der Waals surface area contributed by atoms with Gasteiger partial charge < -0.3 is 4.74 Å². The maximum absolute atomic E-state index is 5.05. The minimum atomic E-state index is 0.801. The maximum atomic E-state index is 5.05.